The average molecular weight is 182 g/mol. The Balaban J connectivity index is 2.53. The topological polar surface area (TPSA) is 35.5 Å². The molecule has 0 N–H and O–H groups in total. The smallest absolute Gasteiger partial charge is 0.231 e. The van der Waals surface area contributed by atoms with Gasteiger partial charge in [-0.25, -0.2) is 4.39 Å². The summed E-state index contributed by atoms with van der Waals surface area (Å²) in [4.78, 5) is 10.5. The van der Waals surface area contributed by atoms with E-state index in [2.05, 4.69) is 0 Å². The third-order valence-electron chi connectivity index (χ3n) is 1.91. The number of ether oxygens (including phenoxy) is 2. The van der Waals surface area contributed by atoms with Gasteiger partial charge in [0, 0.05) is 5.56 Å². The molecule has 1 aromatic carbocycles. The predicted molar refractivity (Wildman–Crippen MR) is 42.8 cm³/mol. The van der Waals surface area contributed by atoms with Crippen molar-refractivity contribution in [1.82, 2.24) is 0 Å². The molecule has 0 spiro atoms. The second-order valence-corrected chi connectivity index (χ2v) is 2.66. The quantitative estimate of drug-likeness (QED) is 0.653. The lowest BCUT2D eigenvalue weighted by atomic mass is 10.1. The lowest BCUT2D eigenvalue weighted by molar-refractivity contribution is 0.112. The zero-order valence-electron chi connectivity index (χ0n) is 6.75. The standard InChI is InChI=1S/C9H7FO3/c10-3-6-1-8-9(13-5-12-8)2-7(6)4-11/h1-2,4H,3,5H2. The van der Waals surface area contributed by atoms with Gasteiger partial charge in [-0.3, -0.25) is 4.79 Å². The fourth-order valence-corrected chi connectivity index (χ4v) is 1.23. The van der Waals surface area contributed by atoms with Crippen LogP contribution in [0.1, 0.15) is 15.9 Å². The molecule has 1 heterocycles. The Kier molecular flexibility index (Phi) is 1.88. The van der Waals surface area contributed by atoms with E-state index in [-0.39, 0.29) is 6.79 Å². The second-order valence-electron chi connectivity index (χ2n) is 2.66. The summed E-state index contributed by atoms with van der Waals surface area (Å²) in [7, 11) is 0. The zero-order valence-corrected chi connectivity index (χ0v) is 6.75. The molecular weight excluding hydrogens is 175 g/mol. The van der Waals surface area contributed by atoms with Crippen LogP contribution in [-0.2, 0) is 6.67 Å². The van der Waals surface area contributed by atoms with Gasteiger partial charge in [0.1, 0.15) is 6.67 Å². The van der Waals surface area contributed by atoms with E-state index in [1.165, 1.54) is 12.1 Å². The van der Waals surface area contributed by atoms with Crippen LogP contribution in [0.5, 0.6) is 11.5 Å². The molecule has 1 aromatic rings. The first-order valence-electron chi connectivity index (χ1n) is 3.79. The molecule has 13 heavy (non-hydrogen) atoms. The minimum Gasteiger partial charge on any atom is -0.454 e. The summed E-state index contributed by atoms with van der Waals surface area (Å²) in [5.74, 6) is 0.998. The highest BCUT2D eigenvalue weighted by Gasteiger charge is 2.16. The van der Waals surface area contributed by atoms with Gasteiger partial charge in [-0.1, -0.05) is 0 Å². The molecule has 0 amide bonds. The van der Waals surface area contributed by atoms with Crippen molar-refractivity contribution in [1.29, 1.82) is 0 Å². The number of hydrogen-bond acceptors (Lipinski definition) is 3. The Bertz CT molecular complexity index is 349. The Morgan fingerprint density at radius 2 is 2.08 bits per heavy atom. The van der Waals surface area contributed by atoms with Crippen molar-refractivity contribution in [3.63, 3.8) is 0 Å². The number of carbonyl (C=O) groups excluding carboxylic acids is 1. The molecule has 1 aliphatic heterocycles. The molecule has 0 saturated heterocycles. The van der Waals surface area contributed by atoms with E-state index in [9.17, 15) is 9.18 Å². The summed E-state index contributed by atoms with van der Waals surface area (Å²) in [6.07, 6.45) is 0.608. The lowest BCUT2D eigenvalue weighted by Gasteiger charge is -2.01. The van der Waals surface area contributed by atoms with Crippen LogP contribution in [0, 0.1) is 0 Å². The van der Waals surface area contributed by atoms with Crippen molar-refractivity contribution in [2.24, 2.45) is 0 Å². The Morgan fingerprint density at radius 1 is 1.38 bits per heavy atom. The maximum atomic E-state index is 12.4. The number of hydrogen-bond donors (Lipinski definition) is 0. The van der Waals surface area contributed by atoms with Gasteiger partial charge in [0.15, 0.2) is 17.8 Å². The molecule has 0 fully saturated rings. The molecule has 0 aliphatic carbocycles. The average Bonchev–Trinajstić information content (AvgIpc) is 2.62. The Morgan fingerprint density at radius 3 is 2.69 bits per heavy atom. The minimum absolute atomic E-state index is 0.128. The third-order valence-corrected chi connectivity index (χ3v) is 1.91. The van der Waals surface area contributed by atoms with Crippen LogP contribution in [0.4, 0.5) is 4.39 Å². The molecule has 2 rings (SSSR count). The van der Waals surface area contributed by atoms with E-state index in [1.807, 2.05) is 0 Å². The van der Waals surface area contributed by atoms with E-state index in [1.54, 1.807) is 0 Å². The minimum atomic E-state index is -0.676. The van der Waals surface area contributed by atoms with Crippen LogP contribution in [0.25, 0.3) is 0 Å². The van der Waals surface area contributed by atoms with Gasteiger partial charge in [0.05, 0.1) is 0 Å². The molecule has 0 aromatic heterocycles. The Hall–Kier alpha value is -1.58. The monoisotopic (exact) mass is 182 g/mol. The second kappa shape index (κ2) is 3.05. The van der Waals surface area contributed by atoms with Gasteiger partial charge in [0.25, 0.3) is 0 Å². The highest BCUT2D eigenvalue weighted by Crippen LogP contribution is 2.34. The van der Waals surface area contributed by atoms with Gasteiger partial charge in [0.2, 0.25) is 6.79 Å². The third kappa shape index (κ3) is 1.24. The molecule has 0 radical (unpaired) electrons. The molecule has 0 unspecified atom stereocenters. The molecular formula is C9H7FO3. The first-order chi connectivity index (χ1) is 6.35. The van der Waals surface area contributed by atoms with Crippen LogP contribution >= 0.6 is 0 Å². The molecule has 3 nitrogen and oxygen atoms in total. The summed E-state index contributed by atoms with van der Waals surface area (Å²) in [5.41, 5.74) is 0.644. The number of aldehydes is 1. The van der Waals surface area contributed by atoms with Gasteiger partial charge in [-0.15, -0.1) is 0 Å². The lowest BCUT2D eigenvalue weighted by Crippen LogP contribution is -1.92. The largest absolute Gasteiger partial charge is 0.454 e. The number of rotatable bonds is 2. The van der Waals surface area contributed by atoms with Crippen LogP contribution < -0.4 is 9.47 Å². The van der Waals surface area contributed by atoms with Crippen molar-refractivity contribution < 1.29 is 18.7 Å². The highest BCUT2D eigenvalue weighted by molar-refractivity contribution is 5.79. The van der Waals surface area contributed by atoms with Gasteiger partial charge in [-0.05, 0) is 17.7 Å². The number of fused-ring (bicyclic) bond motifs is 1. The molecule has 1 aliphatic rings. The van der Waals surface area contributed by atoms with Crippen molar-refractivity contribution in [2.75, 3.05) is 6.79 Å². The van der Waals surface area contributed by atoms with Crippen LogP contribution in [0.3, 0.4) is 0 Å². The summed E-state index contributed by atoms with van der Waals surface area (Å²) in [5, 5.41) is 0. The Labute approximate surface area is 74.1 Å². The SMILES string of the molecule is O=Cc1cc2c(cc1CF)OCO2. The van der Waals surface area contributed by atoms with E-state index < -0.39 is 6.67 Å². The molecule has 0 saturated carbocycles. The van der Waals surface area contributed by atoms with Crippen LogP contribution in [0.15, 0.2) is 12.1 Å². The van der Waals surface area contributed by atoms with Gasteiger partial charge < -0.3 is 9.47 Å². The number of alkyl halides is 1. The zero-order chi connectivity index (χ0) is 9.26. The van der Waals surface area contributed by atoms with Gasteiger partial charge in [-0.2, -0.15) is 0 Å². The fraction of sp³-hybridized carbons (Fsp3) is 0.222. The van der Waals surface area contributed by atoms with Gasteiger partial charge >= 0.3 is 0 Å². The van der Waals surface area contributed by atoms with Crippen molar-refractivity contribution >= 4 is 6.29 Å². The summed E-state index contributed by atoms with van der Waals surface area (Å²) < 4.78 is 22.5. The van der Waals surface area contributed by atoms with Crippen molar-refractivity contribution in [3.8, 4) is 11.5 Å². The number of carbonyl (C=O) groups is 1. The van der Waals surface area contributed by atoms with E-state index in [4.69, 9.17) is 9.47 Å². The number of halogens is 1. The van der Waals surface area contributed by atoms with Crippen LogP contribution in [-0.4, -0.2) is 13.1 Å². The summed E-state index contributed by atoms with van der Waals surface area (Å²) >= 11 is 0. The predicted octanol–water partition coefficient (Wildman–Crippen LogP) is 1.70. The van der Waals surface area contributed by atoms with Crippen LogP contribution in [0.2, 0.25) is 0 Å². The van der Waals surface area contributed by atoms with E-state index in [0.29, 0.717) is 28.9 Å². The van der Waals surface area contributed by atoms with E-state index in [0.717, 1.165) is 0 Å². The summed E-state index contributed by atoms with van der Waals surface area (Å²) in [6, 6.07) is 2.98. The first kappa shape index (κ1) is 8.04. The maximum Gasteiger partial charge on any atom is 0.231 e. The van der Waals surface area contributed by atoms with E-state index >= 15 is 0 Å². The molecule has 0 atom stereocenters. The highest BCUT2D eigenvalue weighted by atomic mass is 19.1. The first-order valence-corrected chi connectivity index (χ1v) is 3.79. The fourth-order valence-electron chi connectivity index (χ4n) is 1.23. The normalized spacial score (nSPS) is 13.0. The summed E-state index contributed by atoms with van der Waals surface area (Å²) in [6.45, 7) is -0.548. The molecule has 4 heteroatoms. The van der Waals surface area contributed by atoms with Crippen molar-refractivity contribution in [3.05, 3.63) is 23.3 Å². The van der Waals surface area contributed by atoms with Crippen molar-refractivity contribution in [2.45, 2.75) is 6.67 Å². The number of benzene rings is 1. The molecule has 68 valence electrons. The molecule has 0 bridgehead atoms. The maximum absolute atomic E-state index is 12.4.